The minimum absolute atomic E-state index is 0.195. The number of anilines is 1. The summed E-state index contributed by atoms with van der Waals surface area (Å²) in [5, 5.41) is 7.40. The highest BCUT2D eigenvalue weighted by Gasteiger charge is 2.33. The lowest BCUT2D eigenvalue weighted by Crippen LogP contribution is -2.38. The number of aromatic amines is 1. The van der Waals surface area contributed by atoms with Gasteiger partial charge in [0.05, 0.1) is 12.2 Å². The van der Waals surface area contributed by atoms with Crippen LogP contribution in [0.5, 0.6) is 0 Å². The van der Waals surface area contributed by atoms with Gasteiger partial charge in [-0.3, -0.25) is 19.1 Å². The molecule has 0 aromatic carbocycles. The molecule has 0 radical (unpaired) electrons. The number of rotatable bonds is 5. The van der Waals surface area contributed by atoms with Crippen LogP contribution in [0.4, 0.5) is 5.82 Å². The highest BCUT2D eigenvalue weighted by Crippen LogP contribution is 2.30. The molecule has 2 aliphatic rings. The zero-order valence-corrected chi connectivity index (χ0v) is 16.5. The smallest absolute Gasteiger partial charge is 0.294 e. The maximum atomic E-state index is 13.0. The van der Waals surface area contributed by atoms with E-state index in [1.54, 1.807) is 12.4 Å². The standard InChI is InChI=1S/C20H21ClN6O2/c21-17-15-4-5-16(27(15)20(29)18(26-17)25-12-2-1-3-12)19(28)23-10-13-8-11-9-22-7-6-14(11)24-13/h6-9,12,16,24H,1-5,10H2,(H,23,28)(H,25,26). The van der Waals surface area contributed by atoms with Crippen LogP contribution in [0, 0.1) is 0 Å². The maximum absolute atomic E-state index is 13.0. The molecule has 3 aromatic rings. The van der Waals surface area contributed by atoms with Gasteiger partial charge in [0.15, 0.2) is 11.0 Å². The second-order valence-corrected chi connectivity index (χ2v) is 8.03. The summed E-state index contributed by atoms with van der Waals surface area (Å²) in [4.78, 5) is 37.5. The Labute approximate surface area is 171 Å². The highest BCUT2D eigenvalue weighted by atomic mass is 35.5. The van der Waals surface area contributed by atoms with Crippen LogP contribution in [0.15, 0.2) is 29.3 Å². The van der Waals surface area contributed by atoms with Crippen molar-refractivity contribution in [3.8, 4) is 0 Å². The van der Waals surface area contributed by atoms with E-state index in [1.165, 1.54) is 4.57 Å². The molecule has 1 saturated carbocycles. The molecule has 3 aromatic heterocycles. The minimum atomic E-state index is -0.578. The lowest BCUT2D eigenvalue weighted by atomic mass is 9.93. The molecule has 1 aliphatic carbocycles. The van der Waals surface area contributed by atoms with Crippen molar-refractivity contribution >= 4 is 34.2 Å². The number of carbonyl (C=O) groups excluding carboxylic acids is 1. The van der Waals surface area contributed by atoms with Crippen LogP contribution >= 0.6 is 11.6 Å². The van der Waals surface area contributed by atoms with Crippen molar-refractivity contribution in [2.45, 2.75) is 50.7 Å². The van der Waals surface area contributed by atoms with Crippen molar-refractivity contribution in [2.24, 2.45) is 0 Å². The average molecular weight is 413 g/mol. The Morgan fingerprint density at radius 2 is 2.21 bits per heavy atom. The summed E-state index contributed by atoms with van der Waals surface area (Å²) < 4.78 is 1.51. The van der Waals surface area contributed by atoms with E-state index < -0.39 is 6.04 Å². The lowest BCUT2D eigenvalue weighted by Gasteiger charge is -2.27. The van der Waals surface area contributed by atoms with E-state index in [2.05, 4.69) is 25.6 Å². The van der Waals surface area contributed by atoms with Gasteiger partial charge in [-0.25, -0.2) is 4.98 Å². The lowest BCUT2D eigenvalue weighted by molar-refractivity contribution is -0.124. The van der Waals surface area contributed by atoms with Crippen LogP contribution in [-0.4, -0.2) is 31.5 Å². The first-order chi connectivity index (χ1) is 14.1. The predicted octanol–water partition coefficient (Wildman–Crippen LogP) is 2.54. The monoisotopic (exact) mass is 412 g/mol. The number of hydrogen-bond acceptors (Lipinski definition) is 5. The highest BCUT2D eigenvalue weighted by molar-refractivity contribution is 6.30. The summed E-state index contributed by atoms with van der Waals surface area (Å²) >= 11 is 6.33. The second kappa shape index (κ2) is 7.18. The molecule has 3 N–H and O–H groups in total. The van der Waals surface area contributed by atoms with Crippen LogP contribution in [-0.2, 0) is 17.8 Å². The first-order valence-corrected chi connectivity index (χ1v) is 10.2. The van der Waals surface area contributed by atoms with E-state index in [9.17, 15) is 9.59 Å². The van der Waals surface area contributed by atoms with Gasteiger partial charge in [-0.05, 0) is 44.2 Å². The molecule has 5 rings (SSSR count). The fourth-order valence-corrected chi connectivity index (χ4v) is 4.29. The first kappa shape index (κ1) is 18.2. The van der Waals surface area contributed by atoms with Crippen molar-refractivity contribution in [3.05, 3.63) is 51.4 Å². The predicted molar refractivity (Wildman–Crippen MR) is 110 cm³/mol. The van der Waals surface area contributed by atoms with Crippen LogP contribution in [0.1, 0.15) is 43.1 Å². The van der Waals surface area contributed by atoms with Crippen molar-refractivity contribution in [3.63, 3.8) is 0 Å². The third kappa shape index (κ3) is 3.27. The molecule has 1 unspecified atom stereocenters. The van der Waals surface area contributed by atoms with Gasteiger partial charge in [-0.2, -0.15) is 0 Å². The van der Waals surface area contributed by atoms with Crippen LogP contribution in [0.25, 0.3) is 10.9 Å². The zero-order valence-electron chi connectivity index (χ0n) is 15.7. The first-order valence-electron chi connectivity index (χ1n) is 9.87. The number of nitrogens with zero attached hydrogens (tertiary/aromatic N) is 3. The fraction of sp³-hybridized carbons (Fsp3) is 0.400. The normalized spacial score (nSPS) is 18.4. The third-order valence-electron chi connectivity index (χ3n) is 5.81. The van der Waals surface area contributed by atoms with Gasteiger partial charge >= 0.3 is 0 Å². The van der Waals surface area contributed by atoms with E-state index in [-0.39, 0.29) is 23.3 Å². The number of carbonyl (C=O) groups is 1. The topological polar surface area (TPSA) is 105 Å². The van der Waals surface area contributed by atoms with E-state index in [0.717, 1.165) is 35.9 Å². The number of hydrogen-bond donors (Lipinski definition) is 3. The van der Waals surface area contributed by atoms with Crippen molar-refractivity contribution in [2.75, 3.05) is 5.32 Å². The van der Waals surface area contributed by atoms with Crippen LogP contribution in [0.2, 0.25) is 5.15 Å². The molecule has 4 heterocycles. The van der Waals surface area contributed by atoms with Gasteiger partial charge in [0.2, 0.25) is 5.91 Å². The van der Waals surface area contributed by atoms with Crippen molar-refractivity contribution in [1.29, 1.82) is 0 Å². The summed E-state index contributed by atoms with van der Waals surface area (Å²) in [6, 6.07) is 3.53. The number of pyridine rings is 1. The number of halogens is 1. The van der Waals surface area contributed by atoms with Crippen LogP contribution < -0.4 is 16.2 Å². The number of aromatic nitrogens is 4. The molecule has 29 heavy (non-hydrogen) atoms. The summed E-state index contributed by atoms with van der Waals surface area (Å²) in [6.45, 7) is 0.347. The maximum Gasteiger partial charge on any atom is 0.294 e. The van der Waals surface area contributed by atoms with Gasteiger partial charge in [-0.1, -0.05) is 11.6 Å². The molecule has 8 nitrogen and oxygen atoms in total. The molecule has 150 valence electrons. The molecular formula is C20H21ClN6O2. The summed E-state index contributed by atoms with van der Waals surface area (Å²) in [7, 11) is 0. The Hall–Kier alpha value is -2.87. The van der Waals surface area contributed by atoms with E-state index >= 15 is 0 Å². The third-order valence-corrected chi connectivity index (χ3v) is 6.11. The van der Waals surface area contributed by atoms with E-state index in [0.29, 0.717) is 30.2 Å². The number of fused-ring (bicyclic) bond motifs is 2. The van der Waals surface area contributed by atoms with Gasteiger partial charge in [0, 0.05) is 35.0 Å². The average Bonchev–Trinajstić information content (AvgIpc) is 3.30. The molecule has 0 bridgehead atoms. The van der Waals surface area contributed by atoms with Gasteiger partial charge in [0.25, 0.3) is 5.56 Å². The van der Waals surface area contributed by atoms with Crippen LogP contribution in [0.3, 0.4) is 0 Å². The molecule has 9 heteroatoms. The Morgan fingerprint density at radius 1 is 1.34 bits per heavy atom. The van der Waals surface area contributed by atoms with Gasteiger partial charge in [-0.15, -0.1) is 0 Å². The minimum Gasteiger partial charge on any atom is -0.363 e. The largest absolute Gasteiger partial charge is 0.363 e. The zero-order chi connectivity index (χ0) is 20.0. The molecule has 1 amide bonds. The Bertz CT molecular complexity index is 1120. The molecule has 1 aliphatic heterocycles. The fourth-order valence-electron chi connectivity index (χ4n) is 4.02. The second-order valence-electron chi connectivity index (χ2n) is 7.68. The number of amides is 1. The molecule has 1 atom stereocenters. The van der Waals surface area contributed by atoms with Gasteiger partial charge in [0.1, 0.15) is 6.04 Å². The Balaban J connectivity index is 1.35. The Morgan fingerprint density at radius 3 is 2.97 bits per heavy atom. The Kier molecular flexibility index (Phi) is 4.50. The summed E-state index contributed by atoms with van der Waals surface area (Å²) in [5.41, 5.74) is 2.21. The van der Waals surface area contributed by atoms with E-state index in [4.69, 9.17) is 11.6 Å². The van der Waals surface area contributed by atoms with Crippen molar-refractivity contribution in [1.82, 2.24) is 24.8 Å². The van der Waals surface area contributed by atoms with E-state index in [1.807, 2.05) is 12.1 Å². The summed E-state index contributed by atoms with van der Waals surface area (Å²) in [6.07, 6.45) is 7.76. The van der Waals surface area contributed by atoms with Gasteiger partial charge < -0.3 is 15.6 Å². The molecule has 1 fully saturated rings. The number of H-pyrrole nitrogens is 1. The SMILES string of the molecule is O=C(NCc1cc2cnccc2[nH]1)C1CCc2c(Cl)nc(NC3CCC3)c(=O)n21. The molecular weight excluding hydrogens is 392 g/mol. The van der Waals surface area contributed by atoms with Crippen molar-refractivity contribution < 1.29 is 4.79 Å². The molecule has 0 spiro atoms. The molecule has 0 saturated heterocycles. The quantitative estimate of drug-likeness (QED) is 0.597. The summed E-state index contributed by atoms with van der Waals surface area (Å²) in [5.74, 6) is 0.0470. The number of nitrogens with one attached hydrogen (secondary N) is 3.